The number of nitrogens with zero attached hydrogens (tertiary/aromatic N) is 5. The molecule has 0 saturated carbocycles. The topological polar surface area (TPSA) is 82.8 Å². The van der Waals surface area contributed by atoms with Crippen molar-refractivity contribution in [2.75, 3.05) is 7.05 Å². The Balaban J connectivity index is 1.79. The zero-order chi connectivity index (χ0) is 19.3. The van der Waals surface area contributed by atoms with Gasteiger partial charge >= 0.3 is 6.03 Å². The molecule has 2 atom stereocenters. The minimum atomic E-state index is -0.634. The molecule has 2 unspecified atom stereocenters. The van der Waals surface area contributed by atoms with Crippen LogP contribution in [-0.4, -0.2) is 56.7 Å². The van der Waals surface area contributed by atoms with Gasteiger partial charge in [-0.3, -0.25) is 10.1 Å². The van der Waals surface area contributed by atoms with E-state index in [1.807, 2.05) is 43.0 Å². The fourth-order valence-corrected chi connectivity index (χ4v) is 3.73. The standard InChI is InChI=1S/C18H19ClN6O2/c1-10-7-11(2)25(22-10)17-20-15-14(16(26)21-18(27)23(15)3)24(17)9-12-5-4-6-13(19)8-12/h4-8,14-15H,9H2,1-3H3,(H,21,26,27). The van der Waals surface area contributed by atoms with Crippen molar-refractivity contribution in [2.45, 2.75) is 32.6 Å². The lowest BCUT2D eigenvalue weighted by molar-refractivity contribution is -0.127. The Morgan fingerprint density at radius 1 is 1.22 bits per heavy atom. The van der Waals surface area contributed by atoms with Crippen molar-refractivity contribution in [3.05, 3.63) is 52.3 Å². The first-order valence-electron chi connectivity index (χ1n) is 8.55. The number of urea groups is 1. The van der Waals surface area contributed by atoms with Crippen LogP contribution >= 0.6 is 11.6 Å². The van der Waals surface area contributed by atoms with Gasteiger partial charge in [-0.1, -0.05) is 23.7 Å². The molecule has 2 aliphatic heterocycles. The quantitative estimate of drug-likeness (QED) is 0.852. The first kappa shape index (κ1) is 17.5. The molecule has 0 radical (unpaired) electrons. The van der Waals surface area contributed by atoms with E-state index < -0.39 is 18.2 Å². The van der Waals surface area contributed by atoms with Crippen LogP contribution in [0.1, 0.15) is 17.0 Å². The average molecular weight is 387 g/mol. The van der Waals surface area contributed by atoms with E-state index in [0.717, 1.165) is 17.0 Å². The number of carbonyl (C=O) groups is 2. The highest BCUT2D eigenvalue weighted by atomic mass is 35.5. The Labute approximate surface area is 161 Å². The number of fused-ring (bicyclic) bond motifs is 1. The third-order valence-corrected chi connectivity index (χ3v) is 5.01. The first-order chi connectivity index (χ1) is 12.8. The summed E-state index contributed by atoms with van der Waals surface area (Å²) in [6.07, 6.45) is -0.607. The number of imide groups is 1. The molecule has 3 amide bonds. The van der Waals surface area contributed by atoms with Gasteiger partial charge in [0.25, 0.3) is 5.91 Å². The van der Waals surface area contributed by atoms with Crippen LogP contribution in [0.3, 0.4) is 0 Å². The highest BCUT2D eigenvalue weighted by molar-refractivity contribution is 6.30. The summed E-state index contributed by atoms with van der Waals surface area (Å²) in [6.45, 7) is 4.24. The van der Waals surface area contributed by atoms with E-state index in [4.69, 9.17) is 16.6 Å². The molecule has 0 spiro atoms. The second-order valence-electron chi connectivity index (χ2n) is 6.79. The van der Waals surface area contributed by atoms with Gasteiger partial charge in [0.05, 0.1) is 5.69 Å². The first-order valence-corrected chi connectivity index (χ1v) is 8.93. The van der Waals surface area contributed by atoms with Gasteiger partial charge in [0.1, 0.15) is 0 Å². The number of halogens is 1. The van der Waals surface area contributed by atoms with Crippen molar-refractivity contribution in [1.29, 1.82) is 0 Å². The lowest BCUT2D eigenvalue weighted by Gasteiger charge is -2.36. The van der Waals surface area contributed by atoms with Crippen LogP contribution in [0.25, 0.3) is 0 Å². The zero-order valence-electron chi connectivity index (χ0n) is 15.2. The molecule has 8 nitrogen and oxygen atoms in total. The van der Waals surface area contributed by atoms with Crippen molar-refractivity contribution in [1.82, 2.24) is 24.9 Å². The second kappa shape index (κ2) is 6.38. The molecule has 0 aliphatic carbocycles. The SMILES string of the molecule is Cc1cc(C)n(C2=NC3C(C(=O)NC(=O)N3C)N2Cc2cccc(Cl)c2)n1. The number of carbonyl (C=O) groups excluding carboxylic acids is 2. The number of hydrogen-bond donors (Lipinski definition) is 1. The van der Waals surface area contributed by atoms with Gasteiger partial charge in [-0.15, -0.1) is 0 Å². The van der Waals surface area contributed by atoms with E-state index in [9.17, 15) is 9.59 Å². The minimum Gasteiger partial charge on any atom is -0.321 e. The van der Waals surface area contributed by atoms with Crippen LogP contribution in [0, 0.1) is 13.8 Å². The molecular weight excluding hydrogens is 368 g/mol. The van der Waals surface area contributed by atoms with Crippen LogP contribution in [0.2, 0.25) is 5.02 Å². The highest BCUT2D eigenvalue weighted by Gasteiger charge is 2.49. The summed E-state index contributed by atoms with van der Waals surface area (Å²) in [6, 6.07) is 8.30. The molecule has 1 aromatic carbocycles. The summed E-state index contributed by atoms with van der Waals surface area (Å²) in [5.74, 6) is 0.165. The maximum atomic E-state index is 12.6. The van der Waals surface area contributed by atoms with Crippen LogP contribution in [0.4, 0.5) is 4.79 Å². The number of aliphatic imine (C=N–C) groups is 1. The molecule has 1 N–H and O–H groups in total. The van der Waals surface area contributed by atoms with Gasteiger partial charge in [0.2, 0.25) is 5.96 Å². The number of aromatic nitrogens is 2. The fourth-order valence-electron chi connectivity index (χ4n) is 3.52. The Morgan fingerprint density at radius 2 is 2.00 bits per heavy atom. The van der Waals surface area contributed by atoms with Crippen molar-refractivity contribution < 1.29 is 9.59 Å². The largest absolute Gasteiger partial charge is 0.325 e. The molecule has 140 valence electrons. The maximum Gasteiger partial charge on any atom is 0.325 e. The van der Waals surface area contributed by atoms with Crippen LogP contribution in [0.15, 0.2) is 35.3 Å². The summed E-state index contributed by atoms with van der Waals surface area (Å²) in [5.41, 5.74) is 2.68. The van der Waals surface area contributed by atoms with Gasteiger partial charge in [0, 0.05) is 24.3 Å². The van der Waals surface area contributed by atoms with E-state index in [-0.39, 0.29) is 5.91 Å². The van der Waals surface area contributed by atoms with Crippen molar-refractivity contribution in [3.63, 3.8) is 0 Å². The third kappa shape index (κ3) is 2.95. The predicted molar refractivity (Wildman–Crippen MR) is 100 cm³/mol. The lowest BCUT2D eigenvalue weighted by atomic mass is 10.1. The predicted octanol–water partition coefficient (Wildman–Crippen LogP) is 1.75. The molecule has 1 saturated heterocycles. The fraction of sp³-hybridized carbons (Fsp3) is 0.333. The molecule has 1 aromatic heterocycles. The van der Waals surface area contributed by atoms with E-state index in [0.29, 0.717) is 17.5 Å². The monoisotopic (exact) mass is 386 g/mol. The molecule has 27 heavy (non-hydrogen) atoms. The molecule has 2 aromatic rings. The maximum absolute atomic E-state index is 12.6. The molecule has 1 fully saturated rings. The van der Waals surface area contributed by atoms with Crippen molar-refractivity contribution in [2.24, 2.45) is 4.99 Å². The van der Waals surface area contributed by atoms with E-state index in [1.165, 1.54) is 4.90 Å². The summed E-state index contributed by atoms with van der Waals surface area (Å²) >= 11 is 6.12. The number of benzene rings is 1. The molecule has 9 heteroatoms. The third-order valence-electron chi connectivity index (χ3n) is 4.78. The summed E-state index contributed by atoms with van der Waals surface area (Å²) in [4.78, 5) is 32.7. The lowest BCUT2D eigenvalue weighted by Crippen LogP contribution is -2.63. The van der Waals surface area contributed by atoms with E-state index in [2.05, 4.69) is 10.4 Å². The van der Waals surface area contributed by atoms with E-state index >= 15 is 0 Å². The summed E-state index contributed by atoms with van der Waals surface area (Å²) in [5, 5.41) is 7.53. The van der Waals surface area contributed by atoms with Crippen molar-refractivity contribution in [3.8, 4) is 0 Å². The summed E-state index contributed by atoms with van der Waals surface area (Å²) < 4.78 is 1.71. The summed E-state index contributed by atoms with van der Waals surface area (Å²) in [7, 11) is 1.63. The normalized spacial score (nSPS) is 22.0. The van der Waals surface area contributed by atoms with Gasteiger partial charge in [-0.2, -0.15) is 5.10 Å². The number of nitrogens with one attached hydrogen (secondary N) is 1. The van der Waals surface area contributed by atoms with Crippen molar-refractivity contribution >= 4 is 29.5 Å². The Bertz CT molecular complexity index is 969. The number of rotatable bonds is 2. The minimum absolute atomic E-state index is 0.370. The van der Waals surface area contributed by atoms with Crippen LogP contribution in [-0.2, 0) is 11.3 Å². The molecule has 3 heterocycles. The van der Waals surface area contributed by atoms with Gasteiger partial charge in [-0.05, 0) is 37.6 Å². The number of amides is 3. The van der Waals surface area contributed by atoms with Gasteiger partial charge < -0.3 is 9.80 Å². The molecule has 0 bridgehead atoms. The Hall–Kier alpha value is -2.87. The van der Waals surface area contributed by atoms with Crippen LogP contribution in [0.5, 0.6) is 0 Å². The van der Waals surface area contributed by atoms with Crippen LogP contribution < -0.4 is 5.32 Å². The number of hydrogen-bond acceptors (Lipinski definition) is 5. The highest BCUT2D eigenvalue weighted by Crippen LogP contribution is 2.27. The van der Waals surface area contributed by atoms with Gasteiger partial charge in [0.15, 0.2) is 12.2 Å². The second-order valence-corrected chi connectivity index (χ2v) is 7.23. The Morgan fingerprint density at radius 3 is 2.67 bits per heavy atom. The zero-order valence-corrected chi connectivity index (χ0v) is 15.9. The smallest absolute Gasteiger partial charge is 0.321 e. The average Bonchev–Trinajstić information content (AvgIpc) is 3.13. The molecular formula is C18H19ClN6O2. The van der Waals surface area contributed by atoms with E-state index in [1.54, 1.807) is 17.8 Å². The number of aryl methyl sites for hydroxylation is 2. The van der Waals surface area contributed by atoms with Gasteiger partial charge in [-0.25, -0.2) is 14.5 Å². The Kier molecular flexibility index (Phi) is 4.15. The molecule has 4 rings (SSSR count). The number of likely N-dealkylation sites (N-methyl/N-ethyl adjacent to an activating group) is 1. The molecule has 2 aliphatic rings.